The molecule has 102 valence electrons. The number of aliphatic carboxylic acids is 1. The number of rotatable bonds is 2. The van der Waals surface area contributed by atoms with Gasteiger partial charge >= 0.3 is 12.0 Å². The largest absolute Gasteiger partial charge is 0.481 e. The number of hydrogen-bond acceptors (Lipinski definition) is 2. The Morgan fingerprint density at radius 1 is 1.17 bits per heavy atom. The van der Waals surface area contributed by atoms with Crippen LogP contribution in [-0.2, 0) is 4.79 Å². The van der Waals surface area contributed by atoms with Crippen LogP contribution in [0.2, 0.25) is 0 Å². The minimum Gasteiger partial charge on any atom is -0.481 e. The zero-order valence-electron chi connectivity index (χ0n) is 11.0. The Morgan fingerprint density at radius 3 is 2.44 bits per heavy atom. The van der Waals surface area contributed by atoms with E-state index in [1.807, 2.05) is 11.9 Å². The molecule has 0 aromatic rings. The van der Waals surface area contributed by atoms with E-state index in [0.29, 0.717) is 25.6 Å². The molecule has 0 bridgehead atoms. The third-order valence-electron chi connectivity index (χ3n) is 4.22. The molecule has 1 saturated carbocycles. The van der Waals surface area contributed by atoms with E-state index in [4.69, 9.17) is 5.11 Å². The average molecular weight is 254 g/mol. The highest BCUT2D eigenvalue weighted by atomic mass is 16.4. The number of piperidine rings is 1. The summed E-state index contributed by atoms with van der Waals surface area (Å²) in [5, 5.41) is 9.04. The Bertz CT molecular complexity index is 326. The Morgan fingerprint density at radius 2 is 1.83 bits per heavy atom. The number of carboxylic acid groups (broad SMARTS) is 1. The van der Waals surface area contributed by atoms with E-state index >= 15 is 0 Å². The van der Waals surface area contributed by atoms with Crippen LogP contribution < -0.4 is 0 Å². The van der Waals surface area contributed by atoms with E-state index in [-0.39, 0.29) is 11.9 Å². The standard InChI is InChI=1S/C13H22N2O3/c1-14(11-6-2-3-7-11)13(18)15-8-4-5-10(9-15)12(16)17/h10-11H,2-9H2,1H3,(H,16,17). The summed E-state index contributed by atoms with van der Waals surface area (Å²) in [5.74, 6) is -1.17. The van der Waals surface area contributed by atoms with Crippen LogP contribution in [0, 0.1) is 5.92 Å². The van der Waals surface area contributed by atoms with Gasteiger partial charge in [0.2, 0.25) is 0 Å². The fraction of sp³-hybridized carbons (Fsp3) is 0.846. The van der Waals surface area contributed by atoms with Gasteiger partial charge in [-0.3, -0.25) is 4.79 Å². The summed E-state index contributed by atoms with van der Waals surface area (Å²) in [6.07, 6.45) is 6.03. The minimum absolute atomic E-state index is 0.00727. The van der Waals surface area contributed by atoms with Gasteiger partial charge in [0, 0.05) is 26.2 Å². The van der Waals surface area contributed by atoms with Gasteiger partial charge in [-0.05, 0) is 25.7 Å². The van der Waals surface area contributed by atoms with Gasteiger partial charge in [-0.15, -0.1) is 0 Å². The number of nitrogens with zero attached hydrogens (tertiary/aromatic N) is 2. The summed E-state index contributed by atoms with van der Waals surface area (Å²) < 4.78 is 0. The van der Waals surface area contributed by atoms with Crippen molar-refractivity contribution < 1.29 is 14.7 Å². The number of amides is 2. The van der Waals surface area contributed by atoms with E-state index in [2.05, 4.69) is 0 Å². The topological polar surface area (TPSA) is 60.9 Å². The summed E-state index contributed by atoms with van der Waals surface area (Å²) in [6.45, 7) is 1.06. The first kappa shape index (κ1) is 13.2. The van der Waals surface area contributed by atoms with Crippen molar-refractivity contribution in [1.82, 2.24) is 9.80 Å². The third-order valence-corrected chi connectivity index (χ3v) is 4.22. The molecule has 1 heterocycles. The van der Waals surface area contributed by atoms with E-state index in [1.165, 1.54) is 12.8 Å². The highest BCUT2D eigenvalue weighted by Gasteiger charge is 2.32. The Labute approximate surface area is 108 Å². The Hall–Kier alpha value is -1.26. The van der Waals surface area contributed by atoms with Gasteiger partial charge in [0.05, 0.1) is 5.92 Å². The lowest BCUT2D eigenvalue weighted by Crippen LogP contribution is -2.49. The first-order valence-corrected chi connectivity index (χ1v) is 6.84. The highest BCUT2D eigenvalue weighted by Crippen LogP contribution is 2.24. The lowest BCUT2D eigenvalue weighted by atomic mass is 9.98. The van der Waals surface area contributed by atoms with Crippen LogP contribution in [0.15, 0.2) is 0 Å². The number of carboxylic acids is 1. The van der Waals surface area contributed by atoms with Crippen LogP contribution in [-0.4, -0.2) is 53.1 Å². The molecule has 1 aliphatic heterocycles. The van der Waals surface area contributed by atoms with E-state index in [1.54, 1.807) is 4.90 Å². The van der Waals surface area contributed by atoms with Crippen LogP contribution in [0.1, 0.15) is 38.5 Å². The van der Waals surface area contributed by atoms with Crippen molar-refractivity contribution >= 4 is 12.0 Å². The summed E-state index contributed by atoms with van der Waals surface area (Å²) in [7, 11) is 1.85. The third kappa shape index (κ3) is 2.76. The molecule has 0 spiro atoms. The van der Waals surface area contributed by atoms with Crippen molar-refractivity contribution in [2.45, 2.75) is 44.6 Å². The van der Waals surface area contributed by atoms with Gasteiger partial charge in [-0.25, -0.2) is 4.79 Å². The van der Waals surface area contributed by atoms with E-state index < -0.39 is 5.97 Å². The number of likely N-dealkylation sites (tertiary alicyclic amines) is 1. The lowest BCUT2D eigenvalue weighted by molar-refractivity contribution is -0.143. The monoisotopic (exact) mass is 254 g/mol. The van der Waals surface area contributed by atoms with Crippen molar-refractivity contribution in [2.24, 2.45) is 5.92 Å². The van der Waals surface area contributed by atoms with Crippen molar-refractivity contribution in [3.05, 3.63) is 0 Å². The first-order valence-electron chi connectivity index (χ1n) is 6.84. The van der Waals surface area contributed by atoms with Gasteiger partial charge in [0.1, 0.15) is 0 Å². The summed E-state index contributed by atoms with van der Waals surface area (Å²) in [5.41, 5.74) is 0. The lowest BCUT2D eigenvalue weighted by Gasteiger charge is -2.35. The van der Waals surface area contributed by atoms with Gasteiger partial charge in [-0.1, -0.05) is 12.8 Å². The van der Waals surface area contributed by atoms with Crippen LogP contribution in [0.5, 0.6) is 0 Å². The van der Waals surface area contributed by atoms with Crippen molar-refractivity contribution in [2.75, 3.05) is 20.1 Å². The molecular weight excluding hydrogens is 232 g/mol. The predicted octanol–water partition coefficient (Wildman–Crippen LogP) is 1.78. The molecule has 2 rings (SSSR count). The molecule has 2 fully saturated rings. The molecule has 2 amide bonds. The number of urea groups is 1. The summed E-state index contributed by atoms with van der Waals surface area (Å²) in [6, 6.07) is 0.357. The number of hydrogen-bond donors (Lipinski definition) is 1. The molecule has 5 nitrogen and oxygen atoms in total. The van der Waals surface area contributed by atoms with Gasteiger partial charge in [-0.2, -0.15) is 0 Å². The maximum absolute atomic E-state index is 12.3. The van der Waals surface area contributed by atoms with Crippen LogP contribution in [0.4, 0.5) is 4.79 Å². The van der Waals surface area contributed by atoms with Crippen molar-refractivity contribution in [1.29, 1.82) is 0 Å². The normalized spacial score (nSPS) is 25.2. The fourth-order valence-electron chi connectivity index (χ4n) is 3.02. The second kappa shape index (κ2) is 5.59. The summed E-state index contributed by atoms with van der Waals surface area (Å²) in [4.78, 5) is 26.8. The Balaban J connectivity index is 1.93. The smallest absolute Gasteiger partial charge is 0.320 e. The molecule has 18 heavy (non-hydrogen) atoms. The maximum Gasteiger partial charge on any atom is 0.320 e. The molecule has 5 heteroatoms. The molecule has 0 aromatic heterocycles. The van der Waals surface area contributed by atoms with Crippen LogP contribution in [0.3, 0.4) is 0 Å². The SMILES string of the molecule is CN(C(=O)N1CCCC(C(=O)O)C1)C1CCCC1. The van der Waals surface area contributed by atoms with E-state index in [0.717, 1.165) is 19.3 Å². The fourth-order valence-corrected chi connectivity index (χ4v) is 3.02. The van der Waals surface area contributed by atoms with Gasteiger partial charge in [0.15, 0.2) is 0 Å². The predicted molar refractivity (Wildman–Crippen MR) is 67.3 cm³/mol. The van der Waals surface area contributed by atoms with Gasteiger partial charge < -0.3 is 14.9 Å². The molecular formula is C13H22N2O3. The minimum atomic E-state index is -0.781. The summed E-state index contributed by atoms with van der Waals surface area (Å²) >= 11 is 0. The van der Waals surface area contributed by atoms with Crippen molar-refractivity contribution in [3.63, 3.8) is 0 Å². The van der Waals surface area contributed by atoms with E-state index in [9.17, 15) is 9.59 Å². The molecule has 0 radical (unpaired) electrons. The zero-order chi connectivity index (χ0) is 13.1. The molecule has 1 N–H and O–H groups in total. The second-order valence-corrected chi connectivity index (χ2v) is 5.46. The number of carbonyl (C=O) groups excluding carboxylic acids is 1. The highest BCUT2D eigenvalue weighted by molar-refractivity contribution is 5.76. The molecule has 2 aliphatic rings. The van der Waals surface area contributed by atoms with Crippen LogP contribution >= 0.6 is 0 Å². The first-order chi connectivity index (χ1) is 8.59. The van der Waals surface area contributed by atoms with Crippen LogP contribution in [0.25, 0.3) is 0 Å². The molecule has 1 aliphatic carbocycles. The van der Waals surface area contributed by atoms with Crippen molar-refractivity contribution in [3.8, 4) is 0 Å². The quantitative estimate of drug-likeness (QED) is 0.817. The second-order valence-electron chi connectivity index (χ2n) is 5.46. The number of carbonyl (C=O) groups is 2. The van der Waals surface area contributed by atoms with Gasteiger partial charge in [0.25, 0.3) is 0 Å². The average Bonchev–Trinajstić information content (AvgIpc) is 2.91. The molecule has 1 atom stereocenters. The Kier molecular flexibility index (Phi) is 4.09. The molecule has 0 aromatic carbocycles. The molecule has 1 saturated heterocycles. The molecule has 1 unspecified atom stereocenters. The zero-order valence-corrected chi connectivity index (χ0v) is 11.0. The maximum atomic E-state index is 12.3.